The number of nitrogens with one attached hydrogen (secondary N) is 3. The summed E-state index contributed by atoms with van der Waals surface area (Å²) in [6.45, 7) is 7.22. The van der Waals surface area contributed by atoms with E-state index in [2.05, 4.69) is 22.9 Å². The second-order valence-electron chi connectivity index (χ2n) is 2.54. The molecule has 4 nitrogen and oxygen atoms in total. The summed E-state index contributed by atoms with van der Waals surface area (Å²) in [5.74, 6) is 0. The normalized spacial score (nSPS) is 9.50. The Morgan fingerprint density at radius 1 is 1.08 bits per heavy atom. The molecule has 0 heterocycles. The predicted octanol–water partition coefficient (Wildman–Crippen LogP) is 0.305. The van der Waals surface area contributed by atoms with Crippen LogP contribution in [0, 0.1) is 0 Å². The second-order valence-corrected chi connectivity index (χ2v) is 2.54. The lowest BCUT2D eigenvalue weighted by atomic mass is 10.5. The van der Waals surface area contributed by atoms with E-state index in [1.165, 1.54) is 0 Å². The fraction of sp³-hybridized carbons (Fsp3) is 0.875. The Kier molecular flexibility index (Phi) is 7.79. The van der Waals surface area contributed by atoms with Crippen LogP contribution in [0.3, 0.4) is 0 Å². The van der Waals surface area contributed by atoms with E-state index in [1.807, 2.05) is 6.92 Å². The monoisotopic (exact) mass is 173 g/mol. The number of urea groups is 1. The van der Waals surface area contributed by atoms with Crippen LogP contribution in [0.4, 0.5) is 4.79 Å². The van der Waals surface area contributed by atoms with Gasteiger partial charge in [-0.3, -0.25) is 0 Å². The minimum Gasteiger partial charge on any atom is -0.338 e. The van der Waals surface area contributed by atoms with Gasteiger partial charge in [-0.25, -0.2) is 4.79 Å². The van der Waals surface area contributed by atoms with Crippen molar-refractivity contribution in [1.82, 2.24) is 16.0 Å². The first-order valence-corrected chi connectivity index (χ1v) is 4.53. The summed E-state index contributed by atoms with van der Waals surface area (Å²) in [6.07, 6.45) is 1.13. The van der Waals surface area contributed by atoms with Gasteiger partial charge in [0.2, 0.25) is 0 Å². The lowest BCUT2D eigenvalue weighted by molar-refractivity contribution is 0.241. The Labute approximate surface area is 74.1 Å². The van der Waals surface area contributed by atoms with Crippen molar-refractivity contribution in [2.45, 2.75) is 20.3 Å². The highest BCUT2D eigenvalue weighted by atomic mass is 16.2. The van der Waals surface area contributed by atoms with Crippen LogP contribution >= 0.6 is 0 Å². The van der Waals surface area contributed by atoms with Crippen molar-refractivity contribution < 1.29 is 4.79 Å². The smallest absolute Gasteiger partial charge is 0.314 e. The number of carbonyl (C=O) groups is 1. The van der Waals surface area contributed by atoms with Crippen LogP contribution in [0.15, 0.2) is 0 Å². The van der Waals surface area contributed by atoms with Gasteiger partial charge in [0.1, 0.15) is 0 Å². The Balaban J connectivity index is 3.03. The molecule has 0 aromatic rings. The molecule has 2 amide bonds. The fourth-order valence-corrected chi connectivity index (χ4v) is 0.789. The minimum absolute atomic E-state index is 0.0872. The van der Waals surface area contributed by atoms with Crippen LogP contribution in [-0.2, 0) is 0 Å². The topological polar surface area (TPSA) is 53.2 Å². The second kappa shape index (κ2) is 8.33. The van der Waals surface area contributed by atoms with Gasteiger partial charge < -0.3 is 16.0 Å². The highest BCUT2D eigenvalue weighted by molar-refractivity contribution is 5.73. The van der Waals surface area contributed by atoms with Crippen LogP contribution in [0.5, 0.6) is 0 Å². The molecule has 0 fully saturated rings. The predicted molar refractivity (Wildman–Crippen MR) is 50.2 cm³/mol. The third-order valence-corrected chi connectivity index (χ3v) is 1.35. The zero-order chi connectivity index (χ0) is 9.23. The number of amides is 2. The third-order valence-electron chi connectivity index (χ3n) is 1.35. The van der Waals surface area contributed by atoms with Gasteiger partial charge in [-0.2, -0.15) is 0 Å². The molecule has 0 atom stereocenters. The number of hydrogen-bond acceptors (Lipinski definition) is 2. The lowest BCUT2D eigenvalue weighted by Gasteiger charge is -2.05. The van der Waals surface area contributed by atoms with Gasteiger partial charge in [0, 0.05) is 19.6 Å². The molecule has 3 N–H and O–H groups in total. The molecule has 0 aliphatic carbocycles. The van der Waals surface area contributed by atoms with Gasteiger partial charge >= 0.3 is 6.03 Å². The molecular weight excluding hydrogens is 154 g/mol. The SMILES string of the molecule is CCCNCCNC(=O)NCC. The molecule has 0 aliphatic heterocycles. The molecule has 0 aromatic carbocycles. The molecule has 0 bridgehead atoms. The fourth-order valence-electron chi connectivity index (χ4n) is 0.789. The van der Waals surface area contributed by atoms with Crippen LogP contribution in [-0.4, -0.2) is 32.2 Å². The molecule has 0 rings (SSSR count). The van der Waals surface area contributed by atoms with E-state index in [4.69, 9.17) is 0 Å². The molecule has 12 heavy (non-hydrogen) atoms. The summed E-state index contributed by atoms with van der Waals surface area (Å²) < 4.78 is 0. The summed E-state index contributed by atoms with van der Waals surface area (Å²) >= 11 is 0. The molecular formula is C8H19N3O. The third kappa shape index (κ3) is 7.34. The standard InChI is InChI=1S/C8H19N3O/c1-3-5-9-6-7-11-8(12)10-4-2/h9H,3-7H2,1-2H3,(H2,10,11,12). The van der Waals surface area contributed by atoms with Crippen molar-refractivity contribution in [3.63, 3.8) is 0 Å². The first kappa shape index (κ1) is 11.2. The van der Waals surface area contributed by atoms with E-state index in [0.29, 0.717) is 13.1 Å². The molecule has 0 saturated carbocycles. The minimum atomic E-state index is -0.0872. The summed E-state index contributed by atoms with van der Waals surface area (Å²) in [7, 11) is 0. The molecule has 0 saturated heterocycles. The summed E-state index contributed by atoms with van der Waals surface area (Å²) in [5.41, 5.74) is 0. The highest BCUT2D eigenvalue weighted by Crippen LogP contribution is 1.68. The van der Waals surface area contributed by atoms with E-state index < -0.39 is 0 Å². The van der Waals surface area contributed by atoms with Crippen LogP contribution < -0.4 is 16.0 Å². The van der Waals surface area contributed by atoms with E-state index in [-0.39, 0.29) is 6.03 Å². The average molecular weight is 173 g/mol. The van der Waals surface area contributed by atoms with E-state index in [1.54, 1.807) is 0 Å². The Morgan fingerprint density at radius 3 is 2.42 bits per heavy atom. The molecule has 72 valence electrons. The van der Waals surface area contributed by atoms with Crippen molar-refractivity contribution in [2.75, 3.05) is 26.2 Å². The van der Waals surface area contributed by atoms with E-state index >= 15 is 0 Å². The van der Waals surface area contributed by atoms with E-state index in [9.17, 15) is 4.79 Å². The van der Waals surface area contributed by atoms with Gasteiger partial charge in [0.15, 0.2) is 0 Å². The Bertz CT molecular complexity index is 117. The number of carbonyl (C=O) groups excluding carboxylic acids is 1. The van der Waals surface area contributed by atoms with Gasteiger partial charge in [-0.15, -0.1) is 0 Å². The molecule has 0 radical (unpaired) electrons. The van der Waals surface area contributed by atoms with Crippen molar-refractivity contribution in [3.8, 4) is 0 Å². The molecule has 0 aliphatic rings. The maximum atomic E-state index is 10.8. The summed E-state index contributed by atoms with van der Waals surface area (Å²) in [5, 5.41) is 8.58. The molecule has 0 spiro atoms. The van der Waals surface area contributed by atoms with Gasteiger partial charge in [0.05, 0.1) is 0 Å². The molecule has 0 aromatic heterocycles. The van der Waals surface area contributed by atoms with Crippen LogP contribution in [0.2, 0.25) is 0 Å². The summed E-state index contributed by atoms with van der Waals surface area (Å²) in [6, 6.07) is -0.0872. The van der Waals surface area contributed by atoms with Crippen molar-refractivity contribution >= 4 is 6.03 Å². The number of hydrogen-bond donors (Lipinski definition) is 3. The van der Waals surface area contributed by atoms with Crippen molar-refractivity contribution in [2.24, 2.45) is 0 Å². The van der Waals surface area contributed by atoms with Crippen molar-refractivity contribution in [1.29, 1.82) is 0 Å². The van der Waals surface area contributed by atoms with Crippen LogP contribution in [0.1, 0.15) is 20.3 Å². The first-order valence-electron chi connectivity index (χ1n) is 4.53. The largest absolute Gasteiger partial charge is 0.338 e. The van der Waals surface area contributed by atoms with Gasteiger partial charge in [-0.05, 0) is 19.9 Å². The Hall–Kier alpha value is -0.770. The maximum absolute atomic E-state index is 10.8. The highest BCUT2D eigenvalue weighted by Gasteiger charge is 1.94. The number of rotatable bonds is 6. The first-order chi connectivity index (χ1) is 5.81. The van der Waals surface area contributed by atoms with Crippen molar-refractivity contribution in [3.05, 3.63) is 0 Å². The lowest BCUT2D eigenvalue weighted by Crippen LogP contribution is -2.39. The Morgan fingerprint density at radius 2 is 1.83 bits per heavy atom. The molecule has 4 heteroatoms. The zero-order valence-corrected chi connectivity index (χ0v) is 7.94. The van der Waals surface area contributed by atoms with E-state index in [0.717, 1.165) is 19.5 Å². The quantitative estimate of drug-likeness (QED) is 0.506. The molecule has 0 unspecified atom stereocenters. The van der Waals surface area contributed by atoms with Gasteiger partial charge in [0.25, 0.3) is 0 Å². The van der Waals surface area contributed by atoms with Crippen LogP contribution in [0.25, 0.3) is 0 Å². The average Bonchev–Trinajstić information content (AvgIpc) is 2.05. The van der Waals surface area contributed by atoms with Gasteiger partial charge in [-0.1, -0.05) is 6.92 Å². The maximum Gasteiger partial charge on any atom is 0.314 e. The summed E-state index contributed by atoms with van der Waals surface area (Å²) in [4.78, 5) is 10.8. The zero-order valence-electron chi connectivity index (χ0n) is 7.94.